The zero-order valence-corrected chi connectivity index (χ0v) is 14.3. The summed E-state index contributed by atoms with van der Waals surface area (Å²) in [4.78, 5) is 0. The summed E-state index contributed by atoms with van der Waals surface area (Å²) in [6.45, 7) is 9.09. The number of rotatable bonds is 1. The van der Waals surface area contributed by atoms with Crippen LogP contribution in [0.2, 0.25) is 0 Å². The summed E-state index contributed by atoms with van der Waals surface area (Å²) >= 11 is 0. The summed E-state index contributed by atoms with van der Waals surface area (Å²) in [7, 11) is 0. The predicted molar refractivity (Wildman–Crippen MR) is 98.9 cm³/mol. The van der Waals surface area contributed by atoms with Crippen molar-refractivity contribution >= 4 is 0 Å². The molecule has 1 aliphatic rings. The van der Waals surface area contributed by atoms with Crippen LogP contribution in [0.25, 0.3) is 22.3 Å². The van der Waals surface area contributed by atoms with Gasteiger partial charge in [-0.3, -0.25) is 0 Å². The minimum absolute atomic E-state index is 0.0680. The summed E-state index contributed by atoms with van der Waals surface area (Å²) in [5, 5.41) is 0. The first-order valence-electron chi connectivity index (χ1n) is 8.31. The Kier molecular flexibility index (Phi) is 2.99. The molecule has 0 atom stereocenters. The van der Waals surface area contributed by atoms with Gasteiger partial charge in [0.2, 0.25) is 0 Å². The smallest absolute Gasteiger partial charge is 0.0159 e. The van der Waals surface area contributed by atoms with Gasteiger partial charge in [0, 0.05) is 5.41 Å². The first kappa shape index (κ1) is 14.3. The van der Waals surface area contributed by atoms with Gasteiger partial charge in [-0.25, -0.2) is 0 Å². The third-order valence-corrected chi connectivity index (χ3v) is 5.35. The molecule has 4 rings (SSSR count). The molecule has 23 heavy (non-hydrogen) atoms. The number of aryl methyl sites for hydroxylation is 2. The lowest BCUT2D eigenvalue weighted by Crippen LogP contribution is -2.14. The molecule has 0 nitrogen and oxygen atoms in total. The molecule has 0 unspecified atom stereocenters. The highest BCUT2D eigenvalue weighted by atomic mass is 14.4. The maximum absolute atomic E-state index is 2.41. The Hall–Kier alpha value is -2.34. The monoisotopic (exact) mass is 298 g/mol. The van der Waals surface area contributed by atoms with Gasteiger partial charge in [0.15, 0.2) is 0 Å². The molecule has 0 aliphatic heterocycles. The van der Waals surface area contributed by atoms with Crippen molar-refractivity contribution in [1.82, 2.24) is 0 Å². The summed E-state index contributed by atoms with van der Waals surface area (Å²) in [6, 6.07) is 22.4. The van der Waals surface area contributed by atoms with Gasteiger partial charge in [-0.05, 0) is 64.4 Å². The molecule has 0 spiro atoms. The average molecular weight is 298 g/mol. The zero-order valence-electron chi connectivity index (χ0n) is 14.3. The molecule has 3 aromatic rings. The van der Waals surface area contributed by atoms with Crippen molar-refractivity contribution in [3.05, 3.63) is 82.9 Å². The first-order valence-corrected chi connectivity index (χ1v) is 8.31. The molecule has 0 saturated heterocycles. The van der Waals surface area contributed by atoms with Crippen LogP contribution in [0.15, 0.2) is 60.7 Å². The Labute approximate surface area is 138 Å². The minimum atomic E-state index is 0.0680. The second-order valence-electron chi connectivity index (χ2n) is 7.20. The van der Waals surface area contributed by atoms with E-state index >= 15 is 0 Å². The van der Waals surface area contributed by atoms with E-state index < -0.39 is 0 Å². The predicted octanol–water partition coefficient (Wildman–Crippen LogP) is 6.28. The molecule has 0 radical (unpaired) electrons. The van der Waals surface area contributed by atoms with Crippen LogP contribution in [-0.2, 0) is 5.41 Å². The van der Waals surface area contributed by atoms with Crippen LogP contribution < -0.4 is 0 Å². The van der Waals surface area contributed by atoms with Gasteiger partial charge in [0.1, 0.15) is 0 Å². The van der Waals surface area contributed by atoms with E-state index in [0.717, 1.165) is 0 Å². The third-order valence-electron chi connectivity index (χ3n) is 5.35. The molecule has 0 saturated carbocycles. The second-order valence-corrected chi connectivity index (χ2v) is 7.20. The van der Waals surface area contributed by atoms with Gasteiger partial charge in [0.05, 0.1) is 0 Å². The highest BCUT2D eigenvalue weighted by Gasteiger charge is 2.35. The number of hydrogen-bond donors (Lipinski definition) is 0. The fourth-order valence-corrected chi connectivity index (χ4v) is 4.13. The van der Waals surface area contributed by atoms with Crippen molar-refractivity contribution in [3.63, 3.8) is 0 Å². The fraction of sp³-hybridized carbons (Fsp3) is 0.217. The third kappa shape index (κ3) is 1.98. The molecule has 0 bridgehead atoms. The largest absolute Gasteiger partial charge is 0.0619 e. The van der Waals surface area contributed by atoms with Crippen molar-refractivity contribution in [2.75, 3.05) is 0 Å². The average Bonchev–Trinajstić information content (AvgIpc) is 2.76. The van der Waals surface area contributed by atoms with Crippen LogP contribution in [0.3, 0.4) is 0 Å². The van der Waals surface area contributed by atoms with Gasteiger partial charge >= 0.3 is 0 Å². The molecule has 0 N–H and O–H groups in total. The summed E-state index contributed by atoms with van der Waals surface area (Å²) in [6.07, 6.45) is 0. The van der Waals surface area contributed by atoms with Crippen LogP contribution in [-0.4, -0.2) is 0 Å². The highest BCUT2D eigenvalue weighted by molar-refractivity contribution is 5.84. The van der Waals surface area contributed by atoms with Gasteiger partial charge in [-0.1, -0.05) is 68.4 Å². The minimum Gasteiger partial charge on any atom is -0.0619 e. The van der Waals surface area contributed by atoms with E-state index in [9.17, 15) is 0 Å². The van der Waals surface area contributed by atoms with Crippen molar-refractivity contribution < 1.29 is 0 Å². The maximum atomic E-state index is 2.41. The lowest BCUT2D eigenvalue weighted by molar-refractivity contribution is 0.660. The molecule has 0 heteroatoms. The van der Waals surface area contributed by atoms with Gasteiger partial charge in [-0.15, -0.1) is 0 Å². The second kappa shape index (κ2) is 4.83. The van der Waals surface area contributed by atoms with Crippen molar-refractivity contribution in [2.24, 2.45) is 0 Å². The topological polar surface area (TPSA) is 0 Å². The van der Waals surface area contributed by atoms with E-state index in [1.807, 2.05) is 0 Å². The van der Waals surface area contributed by atoms with E-state index in [1.54, 1.807) is 0 Å². The Balaban J connectivity index is 1.97. The van der Waals surface area contributed by atoms with E-state index in [0.29, 0.717) is 0 Å². The number of benzene rings is 3. The van der Waals surface area contributed by atoms with Crippen LogP contribution in [0.5, 0.6) is 0 Å². The van der Waals surface area contributed by atoms with Gasteiger partial charge < -0.3 is 0 Å². The van der Waals surface area contributed by atoms with Crippen LogP contribution in [0.4, 0.5) is 0 Å². The fourth-order valence-electron chi connectivity index (χ4n) is 4.13. The van der Waals surface area contributed by atoms with E-state index in [2.05, 4.69) is 88.4 Å². The maximum Gasteiger partial charge on any atom is 0.0159 e. The van der Waals surface area contributed by atoms with E-state index in [-0.39, 0.29) is 5.41 Å². The molecule has 114 valence electrons. The highest BCUT2D eigenvalue weighted by Crippen LogP contribution is 2.49. The Morgan fingerprint density at radius 3 is 2.04 bits per heavy atom. The molecule has 0 amide bonds. The molecule has 0 heterocycles. The molecular weight excluding hydrogens is 276 g/mol. The van der Waals surface area contributed by atoms with E-state index in [4.69, 9.17) is 0 Å². The van der Waals surface area contributed by atoms with Crippen LogP contribution in [0.1, 0.15) is 36.1 Å². The summed E-state index contributed by atoms with van der Waals surface area (Å²) in [5.41, 5.74) is 11.1. The quantitative estimate of drug-likeness (QED) is 0.496. The standard InChI is InChI=1S/C23H22/c1-15-8-7-9-16(2)22(15)17-12-13-19-18-10-5-6-11-20(18)23(3,4)21(19)14-17/h5-14H,1-4H3. The lowest BCUT2D eigenvalue weighted by atomic mass is 9.81. The SMILES string of the molecule is Cc1cccc(C)c1-c1ccc2c(c1)C(C)(C)c1ccccc1-2. The van der Waals surface area contributed by atoms with Crippen molar-refractivity contribution in [3.8, 4) is 22.3 Å². The van der Waals surface area contributed by atoms with Crippen LogP contribution in [0, 0.1) is 13.8 Å². The molecular formula is C23H22. The number of hydrogen-bond acceptors (Lipinski definition) is 0. The lowest BCUT2D eigenvalue weighted by Gasteiger charge is -2.22. The Morgan fingerprint density at radius 2 is 1.30 bits per heavy atom. The first-order chi connectivity index (χ1) is 11.0. The van der Waals surface area contributed by atoms with Gasteiger partial charge in [-0.2, -0.15) is 0 Å². The van der Waals surface area contributed by atoms with Crippen molar-refractivity contribution in [2.45, 2.75) is 33.1 Å². The molecule has 0 aromatic heterocycles. The molecule has 1 aliphatic carbocycles. The zero-order chi connectivity index (χ0) is 16.2. The van der Waals surface area contributed by atoms with Crippen LogP contribution >= 0.6 is 0 Å². The number of fused-ring (bicyclic) bond motifs is 3. The Morgan fingerprint density at radius 1 is 0.652 bits per heavy atom. The molecule has 0 fully saturated rings. The Bertz CT molecular complexity index is 893. The van der Waals surface area contributed by atoms with Crippen molar-refractivity contribution in [1.29, 1.82) is 0 Å². The summed E-state index contributed by atoms with van der Waals surface area (Å²) in [5.74, 6) is 0. The molecule has 3 aromatic carbocycles. The van der Waals surface area contributed by atoms with Gasteiger partial charge in [0.25, 0.3) is 0 Å². The normalized spacial score (nSPS) is 14.4. The summed E-state index contributed by atoms with van der Waals surface area (Å²) < 4.78 is 0. The van der Waals surface area contributed by atoms with E-state index in [1.165, 1.54) is 44.5 Å².